The Labute approximate surface area is 152 Å². The van der Waals surface area contributed by atoms with Crippen molar-refractivity contribution in [2.24, 2.45) is 0 Å². The molecular weight excluding hydrogens is 349 g/mol. The summed E-state index contributed by atoms with van der Waals surface area (Å²) in [6.45, 7) is 6.27. The number of hydrogen-bond acceptors (Lipinski definition) is 2. The van der Waals surface area contributed by atoms with Gasteiger partial charge in [-0.1, -0.05) is 36.4 Å². The molecule has 3 rings (SSSR count). The molecule has 0 aliphatic carbocycles. The van der Waals surface area contributed by atoms with E-state index in [-0.39, 0.29) is 12.4 Å². The van der Waals surface area contributed by atoms with E-state index in [0.717, 1.165) is 49.4 Å². The van der Waals surface area contributed by atoms with E-state index in [1.807, 2.05) is 12.1 Å². The molecule has 1 aliphatic rings. The summed E-state index contributed by atoms with van der Waals surface area (Å²) in [5, 5.41) is 3.35. The molecule has 1 N–H and O–H groups in total. The monoisotopic (exact) mass is 370 g/mol. The van der Waals surface area contributed by atoms with Gasteiger partial charge in [0.15, 0.2) is 0 Å². The summed E-state index contributed by atoms with van der Waals surface area (Å²) in [4.78, 5) is 2.43. The summed E-state index contributed by atoms with van der Waals surface area (Å²) in [7, 11) is 0. The Morgan fingerprint density at radius 3 is 1.84 bits per heavy atom. The fraction of sp³-hybridized carbons (Fsp3) is 0.368. The van der Waals surface area contributed by atoms with Crippen LogP contribution in [0.3, 0.4) is 0 Å². The van der Waals surface area contributed by atoms with Crippen molar-refractivity contribution in [1.29, 1.82) is 0 Å². The molecule has 0 aromatic heterocycles. The van der Waals surface area contributed by atoms with Gasteiger partial charge >= 0.3 is 6.18 Å². The van der Waals surface area contributed by atoms with E-state index < -0.39 is 11.7 Å². The highest BCUT2D eigenvalue weighted by atomic mass is 35.5. The second-order valence-electron chi connectivity index (χ2n) is 6.16. The number of alkyl halides is 3. The van der Waals surface area contributed by atoms with Gasteiger partial charge in [0.2, 0.25) is 0 Å². The van der Waals surface area contributed by atoms with Crippen LogP contribution in [-0.2, 0) is 6.18 Å². The van der Waals surface area contributed by atoms with Crippen LogP contribution in [-0.4, -0.2) is 31.1 Å². The number of piperazine rings is 1. The first-order chi connectivity index (χ1) is 11.4. The van der Waals surface area contributed by atoms with Crippen molar-refractivity contribution < 1.29 is 13.2 Å². The fourth-order valence-corrected chi connectivity index (χ4v) is 3.09. The zero-order chi connectivity index (χ0) is 17.2. The third kappa shape index (κ3) is 4.75. The fourth-order valence-electron chi connectivity index (χ4n) is 3.09. The predicted molar refractivity (Wildman–Crippen MR) is 97.0 cm³/mol. The van der Waals surface area contributed by atoms with Gasteiger partial charge in [-0.15, -0.1) is 12.4 Å². The molecule has 136 valence electrons. The Morgan fingerprint density at radius 2 is 1.36 bits per heavy atom. The van der Waals surface area contributed by atoms with Crippen LogP contribution in [0.5, 0.6) is 0 Å². The van der Waals surface area contributed by atoms with Crippen LogP contribution >= 0.6 is 12.4 Å². The largest absolute Gasteiger partial charge is 0.416 e. The number of halogens is 4. The second kappa shape index (κ2) is 8.21. The van der Waals surface area contributed by atoms with Crippen molar-refractivity contribution in [2.75, 3.05) is 26.2 Å². The van der Waals surface area contributed by atoms with Gasteiger partial charge in [0, 0.05) is 32.2 Å². The van der Waals surface area contributed by atoms with Crippen LogP contribution in [0.1, 0.15) is 24.1 Å². The average molecular weight is 371 g/mol. The summed E-state index contributed by atoms with van der Waals surface area (Å²) in [5.41, 5.74) is 2.34. The van der Waals surface area contributed by atoms with E-state index >= 15 is 0 Å². The maximum Gasteiger partial charge on any atom is 0.416 e. The van der Waals surface area contributed by atoms with E-state index in [1.165, 1.54) is 17.7 Å². The van der Waals surface area contributed by atoms with Crippen molar-refractivity contribution >= 4 is 12.4 Å². The molecule has 2 nitrogen and oxygen atoms in total. The number of rotatable bonds is 3. The maximum atomic E-state index is 12.6. The van der Waals surface area contributed by atoms with Crippen LogP contribution in [0.2, 0.25) is 0 Å². The first-order valence-corrected chi connectivity index (χ1v) is 8.17. The topological polar surface area (TPSA) is 15.3 Å². The Bertz CT molecular complexity index is 663. The molecule has 1 aliphatic heterocycles. The molecule has 0 unspecified atom stereocenters. The Hall–Kier alpha value is -1.56. The summed E-state index contributed by atoms with van der Waals surface area (Å²) in [5.74, 6) is 0. The van der Waals surface area contributed by atoms with Gasteiger partial charge < -0.3 is 5.32 Å². The number of benzene rings is 2. The summed E-state index contributed by atoms with van der Waals surface area (Å²) >= 11 is 0. The normalized spacial score (nSPS) is 17.0. The molecule has 1 atom stereocenters. The SMILES string of the molecule is C[C@H](c1ccc(-c2ccc(C(F)(F)F)cc2)cc1)N1CCNCC1.Cl. The smallest absolute Gasteiger partial charge is 0.314 e. The Kier molecular flexibility index (Phi) is 6.49. The van der Waals surface area contributed by atoms with Gasteiger partial charge in [-0.05, 0) is 35.7 Å². The lowest BCUT2D eigenvalue weighted by Gasteiger charge is -2.33. The van der Waals surface area contributed by atoms with Crippen molar-refractivity contribution in [2.45, 2.75) is 19.1 Å². The molecule has 1 heterocycles. The molecule has 0 saturated carbocycles. The van der Waals surface area contributed by atoms with Crippen LogP contribution in [0.15, 0.2) is 48.5 Å². The van der Waals surface area contributed by atoms with Crippen molar-refractivity contribution in [3.05, 3.63) is 59.7 Å². The first-order valence-electron chi connectivity index (χ1n) is 8.17. The average Bonchev–Trinajstić information content (AvgIpc) is 2.61. The standard InChI is InChI=1S/C19H21F3N2.ClH/c1-14(24-12-10-23-11-13-24)15-2-4-16(5-3-15)17-6-8-18(9-7-17)19(20,21)22;/h2-9,14,23H,10-13H2,1H3;1H/t14-;/m1./s1. The highest BCUT2D eigenvalue weighted by Crippen LogP contribution is 2.31. The minimum Gasteiger partial charge on any atom is -0.314 e. The molecule has 1 fully saturated rings. The molecule has 1 saturated heterocycles. The first kappa shape index (κ1) is 19.8. The highest BCUT2D eigenvalue weighted by molar-refractivity contribution is 5.85. The summed E-state index contributed by atoms with van der Waals surface area (Å²) in [6, 6.07) is 13.8. The van der Waals surface area contributed by atoms with E-state index in [1.54, 1.807) is 0 Å². The van der Waals surface area contributed by atoms with E-state index in [9.17, 15) is 13.2 Å². The number of nitrogens with one attached hydrogen (secondary N) is 1. The molecule has 0 radical (unpaired) electrons. The number of nitrogens with zero attached hydrogens (tertiary/aromatic N) is 1. The van der Waals surface area contributed by atoms with E-state index in [2.05, 4.69) is 29.3 Å². The minimum absolute atomic E-state index is 0. The van der Waals surface area contributed by atoms with Crippen LogP contribution in [0.4, 0.5) is 13.2 Å². The van der Waals surface area contributed by atoms with Crippen LogP contribution < -0.4 is 5.32 Å². The molecule has 2 aromatic rings. The van der Waals surface area contributed by atoms with Gasteiger partial charge in [-0.3, -0.25) is 4.90 Å². The van der Waals surface area contributed by atoms with Crippen molar-refractivity contribution in [1.82, 2.24) is 10.2 Å². The zero-order valence-corrected chi connectivity index (χ0v) is 14.8. The van der Waals surface area contributed by atoms with Crippen molar-refractivity contribution in [3.63, 3.8) is 0 Å². The Morgan fingerprint density at radius 1 is 0.880 bits per heavy atom. The molecule has 6 heteroatoms. The molecule has 0 spiro atoms. The molecule has 2 aromatic carbocycles. The molecule has 0 bridgehead atoms. The minimum atomic E-state index is -4.29. The lowest BCUT2D eigenvalue weighted by atomic mass is 9.99. The van der Waals surface area contributed by atoms with Crippen LogP contribution in [0.25, 0.3) is 11.1 Å². The summed E-state index contributed by atoms with van der Waals surface area (Å²) < 4.78 is 37.9. The predicted octanol–water partition coefficient (Wildman–Crippen LogP) is 4.76. The van der Waals surface area contributed by atoms with Crippen LogP contribution in [0, 0.1) is 0 Å². The molecular formula is C19H22ClF3N2. The maximum absolute atomic E-state index is 12.6. The van der Waals surface area contributed by atoms with Gasteiger partial charge in [-0.2, -0.15) is 13.2 Å². The van der Waals surface area contributed by atoms with Gasteiger partial charge in [0.25, 0.3) is 0 Å². The van der Waals surface area contributed by atoms with E-state index in [0.29, 0.717) is 6.04 Å². The Balaban J connectivity index is 0.00000225. The van der Waals surface area contributed by atoms with Gasteiger partial charge in [0.1, 0.15) is 0 Å². The molecule has 25 heavy (non-hydrogen) atoms. The van der Waals surface area contributed by atoms with Crippen molar-refractivity contribution in [3.8, 4) is 11.1 Å². The third-order valence-corrected chi connectivity index (χ3v) is 4.64. The van der Waals surface area contributed by atoms with Gasteiger partial charge in [0.05, 0.1) is 5.56 Å². The second-order valence-corrected chi connectivity index (χ2v) is 6.16. The lowest BCUT2D eigenvalue weighted by Crippen LogP contribution is -2.44. The zero-order valence-electron chi connectivity index (χ0n) is 14.0. The third-order valence-electron chi connectivity index (χ3n) is 4.64. The number of hydrogen-bond donors (Lipinski definition) is 1. The molecule has 0 amide bonds. The summed E-state index contributed by atoms with van der Waals surface area (Å²) in [6.07, 6.45) is -4.29. The van der Waals surface area contributed by atoms with E-state index in [4.69, 9.17) is 0 Å². The quantitative estimate of drug-likeness (QED) is 0.838. The highest BCUT2D eigenvalue weighted by Gasteiger charge is 2.29. The van der Waals surface area contributed by atoms with Gasteiger partial charge in [-0.25, -0.2) is 0 Å². The lowest BCUT2D eigenvalue weighted by molar-refractivity contribution is -0.137.